The molecule has 1 aliphatic rings. The maximum absolute atomic E-state index is 12.1. The van der Waals surface area contributed by atoms with E-state index >= 15 is 0 Å². The molecular weight excluding hydrogens is 240 g/mol. The molecule has 0 saturated carbocycles. The molecule has 0 N–H and O–H groups in total. The molecule has 0 radical (unpaired) electrons. The van der Waals surface area contributed by atoms with Crippen LogP contribution in [-0.4, -0.2) is 52.7 Å². The number of carbonyl (C=O) groups is 1. The van der Waals surface area contributed by atoms with Gasteiger partial charge < -0.3 is 4.90 Å². The van der Waals surface area contributed by atoms with Gasteiger partial charge in [-0.2, -0.15) is 5.10 Å². The summed E-state index contributed by atoms with van der Waals surface area (Å²) < 4.78 is 1.90. The number of aromatic nitrogens is 2. The highest BCUT2D eigenvalue weighted by molar-refractivity contribution is 5.94. The predicted molar refractivity (Wildman–Crippen MR) is 73.7 cm³/mol. The predicted octanol–water partition coefficient (Wildman–Crippen LogP) is 0.792. The first-order valence-electron chi connectivity index (χ1n) is 6.58. The lowest BCUT2D eigenvalue weighted by atomic mass is 10.1. The highest BCUT2D eigenvalue weighted by atomic mass is 16.2. The van der Waals surface area contributed by atoms with Crippen LogP contribution in [-0.2, 0) is 13.1 Å². The Hall–Kier alpha value is -1.80. The number of fused-ring (bicyclic) bond motifs is 1. The molecule has 0 spiro atoms. The maximum Gasteiger partial charge on any atom is 0.275 e. The molecule has 1 aliphatic heterocycles. The van der Waals surface area contributed by atoms with E-state index in [0.717, 1.165) is 38.3 Å². The first-order valence-corrected chi connectivity index (χ1v) is 6.58. The Morgan fingerprint density at radius 3 is 2.79 bits per heavy atom. The van der Waals surface area contributed by atoms with Gasteiger partial charge in [0.1, 0.15) is 0 Å². The molecule has 5 nitrogen and oxygen atoms in total. The highest BCUT2D eigenvalue weighted by Crippen LogP contribution is 2.20. The summed E-state index contributed by atoms with van der Waals surface area (Å²) in [4.78, 5) is 16.0. The van der Waals surface area contributed by atoms with Crippen molar-refractivity contribution in [3.8, 4) is 12.3 Å². The summed E-state index contributed by atoms with van der Waals surface area (Å²) in [6.45, 7) is 5.74. The van der Waals surface area contributed by atoms with E-state index in [1.54, 1.807) is 14.1 Å². The Balaban J connectivity index is 2.46. The minimum Gasteiger partial charge on any atom is -0.343 e. The highest BCUT2D eigenvalue weighted by Gasteiger charge is 2.25. The lowest BCUT2D eigenvalue weighted by Gasteiger charge is -2.16. The summed E-state index contributed by atoms with van der Waals surface area (Å²) in [7, 11) is 3.43. The number of hydrogen-bond acceptors (Lipinski definition) is 3. The van der Waals surface area contributed by atoms with Crippen LogP contribution >= 0.6 is 0 Å². The largest absolute Gasteiger partial charge is 0.343 e. The van der Waals surface area contributed by atoms with Gasteiger partial charge in [0.15, 0.2) is 5.69 Å². The van der Waals surface area contributed by atoms with Crippen molar-refractivity contribution < 1.29 is 4.79 Å². The molecule has 102 valence electrons. The quantitative estimate of drug-likeness (QED) is 0.738. The molecular formula is C14H20N4O. The monoisotopic (exact) mass is 260 g/mol. The molecule has 5 heteroatoms. The van der Waals surface area contributed by atoms with Crippen molar-refractivity contribution >= 4 is 5.91 Å². The average molecular weight is 260 g/mol. The average Bonchev–Trinajstić information content (AvgIpc) is 2.61. The molecule has 19 heavy (non-hydrogen) atoms. The van der Waals surface area contributed by atoms with E-state index < -0.39 is 0 Å². The maximum atomic E-state index is 12.1. The van der Waals surface area contributed by atoms with E-state index in [4.69, 9.17) is 6.42 Å². The fourth-order valence-electron chi connectivity index (χ4n) is 2.36. The van der Waals surface area contributed by atoms with Crippen LogP contribution in [0.5, 0.6) is 0 Å². The van der Waals surface area contributed by atoms with E-state index in [-0.39, 0.29) is 5.91 Å². The Kier molecular flexibility index (Phi) is 3.91. The van der Waals surface area contributed by atoms with Gasteiger partial charge >= 0.3 is 0 Å². The fraction of sp³-hybridized carbons (Fsp3) is 0.571. The molecule has 0 bridgehead atoms. The lowest BCUT2D eigenvalue weighted by molar-refractivity contribution is 0.0820. The van der Waals surface area contributed by atoms with Crippen LogP contribution in [0.2, 0.25) is 0 Å². The number of amides is 1. The smallest absolute Gasteiger partial charge is 0.275 e. The summed E-state index contributed by atoms with van der Waals surface area (Å²) in [6, 6.07) is 0. The molecule has 2 rings (SSSR count). The van der Waals surface area contributed by atoms with Crippen LogP contribution in [0, 0.1) is 12.3 Å². The van der Waals surface area contributed by atoms with Crippen LogP contribution in [0.4, 0.5) is 0 Å². The molecule has 1 amide bonds. The van der Waals surface area contributed by atoms with E-state index in [1.165, 1.54) is 4.90 Å². The topological polar surface area (TPSA) is 41.4 Å². The number of rotatable bonds is 2. The normalized spacial score (nSPS) is 15.5. The third-order valence-corrected chi connectivity index (χ3v) is 3.48. The zero-order valence-corrected chi connectivity index (χ0v) is 11.8. The van der Waals surface area contributed by atoms with Gasteiger partial charge in [-0.25, -0.2) is 0 Å². The molecule has 0 aliphatic carbocycles. The molecule has 0 fully saturated rings. The molecule has 0 saturated heterocycles. The number of terminal acetylenes is 1. The van der Waals surface area contributed by atoms with E-state index in [1.807, 2.05) is 4.68 Å². The van der Waals surface area contributed by atoms with Crippen molar-refractivity contribution in [2.75, 3.05) is 27.2 Å². The number of hydrogen-bond donors (Lipinski definition) is 0. The van der Waals surface area contributed by atoms with Crippen molar-refractivity contribution in [2.24, 2.45) is 0 Å². The van der Waals surface area contributed by atoms with Crippen LogP contribution in [0.15, 0.2) is 0 Å². The van der Waals surface area contributed by atoms with Crippen molar-refractivity contribution in [1.82, 2.24) is 19.6 Å². The van der Waals surface area contributed by atoms with E-state index in [9.17, 15) is 4.79 Å². The van der Waals surface area contributed by atoms with E-state index in [0.29, 0.717) is 11.3 Å². The van der Waals surface area contributed by atoms with Crippen molar-refractivity contribution in [3.05, 3.63) is 17.0 Å². The zero-order chi connectivity index (χ0) is 14.0. The fourth-order valence-corrected chi connectivity index (χ4v) is 2.36. The van der Waals surface area contributed by atoms with Crippen LogP contribution in [0.3, 0.4) is 0 Å². The Morgan fingerprint density at radius 2 is 2.21 bits per heavy atom. The zero-order valence-electron chi connectivity index (χ0n) is 11.8. The van der Waals surface area contributed by atoms with E-state index in [2.05, 4.69) is 22.8 Å². The first kappa shape index (κ1) is 13.6. The van der Waals surface area contributed by atoms with Gasteiger partial charge in [0.05, 0.1) is 11.3 Å². The van der Waals surface area contributed by atoms with Crippen LogP contribution in [0.1, 0.15) is 35.1 Å². The second-order valence-electron chi connectivity index (χ2n) is 4.96. The van der Waals surface area contributed by atoms with Crippen LogP contribution < -0.4 is 0 Å². The van der Waals surface area contributed by atoms with Crippen LogP contribution in [0.25, 0.3) is 0 Å². The Bertz CT molecular complexity index is 524. The summed E-state index contributed by atoms with van der Waals surface area (Å²) in [6.07, 6.45) is 6.63. The number of carbonyl (C=O) groups excluding carboxylic acids is 1. The number of nitrogens with zero attached hydrogens (tertiary/aromatic N) is 4. The minimum absolute atomic E-state index is 0.128. The third-order valence-electron chi connectivity index (χ3n) is 3.48. The molecule has 0 aromatic carbocycles. The van der Waals surface area contributed by atoms with Crippen molar-refractivity contribution in [3.63, 3.8) is 0 Å². The third kappa shape index (κ3) is 2.49. The van der Waals surface area contributed by atoms with Gasteiger partial charge in [0, 0.05) is 33.7 Å². The molecule has 0 atom stereocenters. The van der Waals surface area contributed by atoms with Gasteiger partial charge in [-0.1, -0.05) is 12.8 Å². The summed E-state index contributed by atoms with van der Waals surface area (Å²) >= 11 is 0. The molecule has 0 unspecified atom stereocenters. The second-order valence-corrected chi connectivity index (χ2v) is 4.96. The van der Waals surface area contributed by atoms with Gasteiger partial charge in [-0.05, 0) is 13.0 Å². The lowest BCUT2D eigenvalue weighted by Crippen LogP contribution is -2.24. The first-order chi connectivity index (χ1) is 9.08. The Labute approximate surface area is 114 Å². The van der Waals surface area contributed by atoms with Gasteiger partial charge in [-0.15, -0.1) is 6.42 Å². The molecule has 2 heterocycles. The van der Waals surface area contributed by atoms with Crippen molar-refractivity contribution in [1.29, 1.82) is 0 Å². The molecule has 1 aromatic heterocycles. The minimum atomic E-state index is -0.128. The number of aryl methyl sites for hydroxylation is 1. The van der Waals surface area contributed by atoms with Gasteiger partial charge in [-0.3, -0.25) is 14.4 Å². The van der Waals surface area contributed by atoms with Gasteiger partial charge in [0.25, 0.3) is 5.91 Å². The summed E-state index contributed by atoms with van der Waals surface area (Å²) in [5.41, 5.74) is 2.05. The molecule has 1 aromatic rings. The van der Waals surface area contributed by atoms with Crippen molar-refractivity contribution in [2.45, 2.75) is 26.4 Å². The van der Waals surface area contributed by atoms with Gasteiger partial charge in [0.2, 0.25) is 0 Å². The summed E-state index contributed by atoms with van der Waals surface area (Å²) in [5.74, 6) is 2.53. The Morgan fingerprint density at radius 1 is 1.47 bits per heavy atom. The second kappa shape index (κ2) is 5.45. The SMILES string of the molecule is C#Cc1c(C(=O)N(C)C)nn2c1CN(CC)CCC2. The summed E-state index contributed by atoms with van der Waals surface area (Å²) in [5, 5.41) is 4.43. The standard InChI is InChI=1S/C14H20N4O/c1-5-11-12-10-17(6-2)8-7-9-18(12)15-13(11)14(19)16(3)4/h1H,6-10H2,2-4H3.